The van der Waals surface area contributed by atoms with Crippen molar-refractivity contribution in [2.24, 2.45) is 5.92 Å². The van der Waals surface area contributed by atoms with Crippen LogP contribution >= 0.6 is 11.5 Å². The molecule has 0 radical (unpaired) electrons. The SMILES string of the molecule is O=C(C1CC1)N1CCCN(c2nc(Cc3ccc(F)cc3)ns2)CC1. The molecule has 0 bridgehead atoms. The van der Waals surface area contributed by atoms with Gasteiger partial charge in [0.2, 0.25) is 11.0 Å². The molecule has 2 aromatic rings. The summed E-state index contributed by atoms with van der Waals surface area (Å²) in [6.45, 7) is 3.32. The van der Waals surface area contributed by atoms with E-state index in [9.17, 15) is 9.18 Å². The summed E-state index contributed by atoms with van der Waals surface area (Å²) in [6, 6.07) is 6.46. The third-order valence-corrected chi connectivity index (χ3v) is 5.55. The lowest BCUT2D eigenvalue weighted by Crippen LogP contribution is -2.36. The van der Waals surface area contributed by atoms with Gasteiger partial charge in [0.1, 0.15) is 11.6 Å². The van der Waals surface area contributed by atoms with Crippen LogP contribution in [0.5, 0.6) is 0 Å². The number of halogens is 1. The number of nitrogens with zero attached hydrogens (tertiary/aromatic N) is 4. The first-order chi connectivity index (χ1) is 12.2. The lowest BCUT2D eigenvalue weighted by Gasteiger charge is -2.21. The van der Waals surface area contributed by atoms with Gasteiger partial charge in [-0.1, -0.05) is 12.1 Å². The Morgan fingerprint density at radius 3 is 2.72 bits per heavy atom. The second-order valence-electron chi connectivity index (χ2n) is 6.74. The van der Waals surface area contributed by atoms with Crippen LogP contribution in [0.1, 0.15) is 30.7 Å². The van der Waals surface area contributed by atoms with Crippen molar-refractivity contribution in [3.05, 3.63) is 41.5 Å². The van der Waals surface area contributed by atoms with Gasteiger partial charge in [0.25, 0.3) is 0 Å². The summed E-state index contributed by atoms with van der Waals surface area (Å²) in [5.41, 5.74) is 1.00. The Labute approximate surface area is 150 Å². The zero-order valence-corrected chi connectivity index (χ0v) is 14.8. The summed E-state index contributed by atoms with van der Waals surface area (Å²) >= 11 is 1.40. The maximum absolute atomic E-state index is 13.0. The molecule has 4 rings (SSSR count). The molecule has 1 saturated carbocycles. The van der Waals surface area contributed by atoms with Crippen molar-refractivity contribution in [1.29, 1.82) is 0 Å². The second-order valence-corrected chi connectivity index (χ2v) is 7.47. The Kier molecular flexibility index (Phi) is 4.65. The smallest absolute Gasteiger partial charge is 0.225 e. The maximum atomic E-state index is 13.0. The molecule has 1 aliphatic carbocycles. The summed E-state index contributed by atoms with van der Waals surface area (Å²) in [7, 11) is 0. The number of rotatable bonds is 4. The van der Waals surface area contributed by atoms with Gasteiger partial charge < -0.3 is 9.80 Å². The molecule has 2 heterocycles. The fraction of sp³-hybridized carbons (Fsp3) is 0.500. The molecule has 132 valence electrons. The number of aromatic nitrogens is 2. The number of hydrogen-bond donors (Lipinski definition) is 0. The minimum absolute atomic E-state index is 0.231. The summed E-state index contributed by atoms with van der Waals surface area (Å²) in [5, 5.41) is 0.915. The van der Waals surface area contributed by atoms with Crippen LogP contribution in [-0.2, 0) is 11.2 Å². The van der Waals surface area contributed by atoms with E-state index >= 15 is 0 Å². The molecule has 0 spiro atoms. The molecular weight excluding hydrogens is 339 g/mol. The number of amides is 1. The van der Waals surface area contributed by atoms with Crippen LogP contribution < -0.4 is 4.90 Å². The zero-order valence-electron chi connectivity index (χ0n) is 14.0. The topological polar surface area (TPSA) is 49.3 Å². The number of anilines is 1. The third-order valence-electron chi connectivity index (χ3n) is 4.74. The van der Waals surface area contributed by atoms with Gasteiger partial charge in [0.15, 0.2) is 0 Å². The molecule has 1 saturated heterocycles. The average Bonchev–Trinajstić information content (AvgIpc) is 3.41. The normalized spacial score (nSPS) is 18.3. The van der Waals surface area contributed by atoms with E-state index in [1.807, 2.05) is 4.90 Å². The Bertz CT molecular complexity index is 744. The van der Waals surface area contributed by atoms with Crippen molar-refractivity contribution < 1.29 is 9.18 Å². The highest BCUT2D eigenvalue weighted by atomic mass is 32.1. The van der Waals surface area contributed by atoms with Gasteiger partial charge in [-0.3, -0.25) is 4.79 Å². The van der Waals surface area contributed by atoms with Gasteiger partial charge in [-0.25, -0.2) is 9.37 Å². The predicted molar refractivity (Wildman–Crippen MR) is 95.2 cm³/mol. The Balaban J connectivity index is 1.38. The van der Waals surface area contributed by atoms with Crippen molar-refractivity contribution in [3.8, 4) is 0 Å². The number of carbonyl (C=O) groups excluding carboxylic acids is 1. The number of carbonyl (C=O) groups is 1. The van der Waals surface area contributed by atoms with E-state index < -0.39 is 0 Å². The molecule has 1 amide bonds. The van der Waals surface area contributed by atoms with Gasteiger partial charge in [0.05, 0.1) is 0 Å². The molecule has 0 atom stereocenters. The molecule has 0 unspecified atom stereocenters. The number of hydrogen-bond acceptors (Lipinski definition) is 5. The van der Waals surface area contributed by atoms with E-state index in [0.717, 1.165) is 62.0 Å². The van der Waals surface area contributed by atoms with Gasteiger partial charge >= 0.3 is 0 Å². The molecule has 0 N–H and O–H groups in total. The Hall–Kier alpha value is -2.02. The van der Waals surface area contributed by atoms with E-state index in [1.54, 1.807) is 12.1 Å². The summed E-state index contributed by atoms with van der Waals surface area (Å²) < 4.78 is 17.4. The van der Waals surface area contributed by atoms with E-state index in [-0.39, 0.29) is 11.7 Å². The van der Waals surface area contributed by atoms with Crippen molar-refractivity contribution >= 4 is 22.6 Å². The van der Waals surface area contributed by atoms with E-state index in [0.29, 0.717) is 12.3 Å². The Morgan fingerprint density at radius 1 is 1.16 bits per heavy atom. The quantitative estimate of drug-likeness (QED) is 0.841. The molecular formula is C18H21FN4OS. The first-order valence-electron chi connectivity index (χ1n) is 8.80. The minimum Gasteiger partial charge on any atom is -0.345 e. The monoisotopic (exact) mass is 360 g/mol. The van der Waals surface area contributed by atoms with Crippen molar-refractivity contribution in [1.82, 2.24) is 14.3 Å². The largest absolute Gasteiger partial charge is 0.345 e. The lowest BCUT2D eigenvalue weighted by molar-refractivity contribution is -0.132. The Morgan fingerprint density at radius 2 is 1.96 bits per heavy atom. The standard InChI is InChI=1S/C18H21FN4OS/c19-15-6-2-13(3-7-15)12-16-20-18(25-21-16)23-9-1-8-22(10-11-23)17(24)14-4-5-14/h2-3,6-7,14H,1,4-5,8-12H2. The number of benzene rings is 1. The predicted octanol–water partition coefficient (Wildman–Crippen LogP) is 2.72. The second kappa shape index (κ2) is 7.07. The summed E-state index contributed by atoms with van der Waals surface area (Å²) in [6.07, 6.45) is 3.69. The molecule has 2 aliphatic rings. The molecule has 1 aromatic heterocycles. The highest BCUT2D eigenvalue weighted by Crippen LogP contribution is 2.31. The van der Waals surface area contributed by atoms with Crippen LogP contribution in [-0.4, -0.2) is 46.3 Å². The maximum Gasteiger partial charge on any atom is 0.225 e. The lowest BCUT2D eigenvalue weighted by atomic mass is 10.1. The van der Waals surface area contributed by atoms with Gasteiger partial charge in [-0.2, -0.15) is 4.37 Å². The third kappa shape index (κ3) is 3.98. The molecule has 7 heteroatoms. The van der Waals surface area contributed by atoms with Crippen LogP contribution in [0.4, 0.5) is 9.52 Å². The van der Waals surface area contributed by atoms with Crippen LogP contribution in [0.2, 0.25) is 0 Å². The summed E-state index contributed by atoms with van der Waals surface area (Å²) in [4.78, 5) is 21.1. The van der Waals surface area contributed by atoms with Crippen molar-refractivity contribution in [2.75, 3.05) is 31.1 Å². The summed E-state index contributed by atoms with van der Waals surface area (Å²) in [5.74, 6) is 1.15. The van der Waals surface area contributed by atoms with Crippen LogP contribution in [0.15, 0.2) is 24.3 Å². The first kappa shape index (κ1) is 16.4. The van der Waals surface area contributed by atoms with Gasteiger partial charge in [-0.05, 0) is 37.0 Å². The van der Waals surface area contributed by atoms with Gasteiger partial charge in [-0.15, -0.1) is 0 Å². The van der Waals surface area contributed by atoms with E-state index in [2.05, 4.69) is 14.3 Å². The molecule has 25 heavy (non-hydrogen) atoms. The van der Waals surface area contributed by atoms with Crippen LogP contribution in [0.25, 0.3) is 0 Å². The molecule has 1 aromatic carbocycles. The fourth-order valence-corrected chi connectivity index (χ4v) is 3.88. The minimum atomic E-state index is -0.231. The zero-order chi connectivity index (χ0) is 17.2. The highest BCUT2D eigenvalue weighted by Gasteiger charge is 2.34. The van der Waals surface area contributed by atoms with E-state index in [1.165, 1.54) is 23.7 Å². The average molecular weight is 360 g/mol. The molecule has 5 nitrogen and oxygen atoms in total. The van der Waals surface area contributed by atoms with Crippen LogP contribution in [0, 0.1) is 11.7 Å². The van der Waals surface area contributed by atoms with E-state index in [4.69, 9.17) is 0 Å². The van der Waals surface area contributed by atoms with Crippen molar-refractivity contribution in [3.63, 3.8) is 0 Å². The first-order valence-corrected chi connectivity index (χ1v) is 9.57. The highest BCUT2D eigenvalue weighted by molar-refractivity contribution is 7.09. The van der Waals surface area contributed by atoms with Crippen molar-refractivity contribution in [2.45, 2.75) is 25.7 Å². The fourth-order valence-electron chi connectivity index (χ4n) is 3.15. The molecule has 1 aliphatic heterocycles. The van der Waals surface area contributed by atoms with Gasteiger partial charge in [0, 0.05) is 50.1 Å². The van der Waals surface area contributed by atoms with Crippen LogP contribution in [0.3, 0.4) is 0 Å². The molecule has 2 fully saturated rings.